The topological polar surface area (TPSA) is 50.3 Å². The second kappa shape index (κ2) is 5.31. The minimum Gasteiger partial charge on any atom is -0.236 e. The summed E-state index contributed by atoms with van der Waals surface area (Å²) in [6, 6.07) is 8.44. The highest BCUT2D eigenvalue weighted by atomic mass is 35.5. The molecular weight excluding hydrogens is 296 g/mol. The van der Waals surface area contributed by atoms with Gasteiger partial charge in [0, 0.05) is 18.5 Å². The molecule has 106 valence electrons. The van der Waals surface area contributed by atoms with Crippen LogP contribution in [-0.4, -0.2) is 30.8 Å². The summed E-state index contributed by atoms with van der Waals surface area (Å²) in [5.74, 6) is 0. The maximum Gasteiger partial charge on any atom is 0.243 e. The molecule has 0 radical (unpaired) electrons. The summed E-state index contributed by atoms with van der Waals surface area (Å²) in [6.45, 7) is 1.22. The lowest BCUT2D eigenvalue weighted by Gasteiger charge is -2.25. The van der Waals surface area contributed by atoms with Crippen molar-refractivity contribution in [2.75, 3.05) is 13.1 Å². The Morgan fingerprint density at radius 3 is 2.55 bits per heavy atom. The first-order valence-corrected chi connectivity index (χ1v) is 8.46. The van der Waals surface area contributed by atoms with Crippen LogP contribution < -0.4 is 0 Å². The van der Waals surface area contributed by atoms with E-state index in [0.717, 1.165) is 24.6 Å². The summed E-state index contributed by atoms with van der Waals surface area (Å²) in [5.41, 5.74) is 0.704. The fourth-order valence-corrected chi connectivity index (χ4v) is 4.20. The zero-order valence-electron chi connectivity index (χ0n) is 10.9. The van der Waals surface area contributed by atoms with Gasteiger partial charge in [0.05, 0.1) is 10.4 Å². The van der Waals surface area contributed by atoms with E-state index in [9.17, 15) is 8.42 Å². The SMILES string of the molecule is O=S(=O)(c1ccc2nc(Cl)ccc2c1)N1CCCCC1. The van der Waals surface area contributed by atoms with Crippen LogP contribution in [0.3, 0.4) is 0 Å². The van der Waals surface area contributed by atoms with E-state index in [1.807, 2.05) is 0 Å². The van der Waals surface area contributed by atoms with Gasteiger partial charge in [0.15, 0.2) is 0 Å². The van der Waals surface area contributed by atoms with Crippen LogP contribution in [-0.2, 0) is 10.0 Å². The normalized spacial score (nSPS) is 17.4. The Bertz CT molecular complexity index is 740. The second-order valence-electron chi connectivity index (χ2n) is 4.95. The van der Waals surface area contributed by atoms with E-state index in [1.165, 1.54) is 0 Å². The van der Waals surface area contributed by atoms with E-state index in [1.54, 1.807) is 34.6 Å². The smallest absolute Gasteiger partial charge is 0.236 e. The van der Waals surface area contributed by atoms with Crippen molar-refractivity contribution in [3.05, 3.63) is 35.5 Å². The second-order valence-corrected chi connectivity index (χ2v) is 7.28. The fourth-order valence-electron chi connectivity index (χ4n) is 2.49. The highest BCUT2D eigenvalue weighted by Crippen LogP contribution is 2.24. The summed E-state index contributed by atoms with van der Waals surface area (Å²) in [5, 5.41) is 1.19. The first kappa shape index (κ1) is 13.8. The van der Waals surface area contributed by atoms with Gasteiger partial charge in [0.2, 0.25) is 10.0 Å². The van der Waals surface area contributed by atoms with Gasteiger partial charge in [-0.05, 0) is 43.2 Å². The third-order valence-electron chi connectivity index (χ3n) is 3.58. The van der Waals surface area contributed by atoms with Crippen molar-refractivity contribution in [1.82, 2.24) is 9.29 Å². The van der Waals surface area contributed by atoms with Crippen molar-refractivity contribution >= 4 is 32.5 Å². The number of aromatic nitrogens is 1. The molecule has 0 bridgehead atoms. The molecule has 1 fully saturated rings. The van der Waals surface area contributed by atoms with Crippen molar-refractivity contribution < 1.29 is 8.42 Å². The van der Waals surface area contributed by atoms with Crippen LogP contribution in [0.4, 0.5) is 0 Å². The van der Waals surface area contributed by atoms with Crippen molar-refractivity contribution in [2.45, 2.75) is 24.2 Å². The molecule has 0 aliphatic carbocycles. The van der Waals surface area contributed by atoms with Crippen LogP contribution in [0, 0.1) is 0 Å². The van der Waals surface area contributed by atoms with Crippen LogP contribution in [0.1, 0.15) is 19.3 Å². The Balaban J connectivity index is 2.02. The lowest BCUT2D eigenvalue weighted by atomic mass is 10.2. The van der Waals surface area contributed by atoms with Crippen molar-refractivity contribution in [2.24, 2.45) is 0 Å². The highest BCUT2D eigenvalue weighted by Gasteiger charge is 2.25. The highest BCUT2D eigenvalue weighted by molar-refractivity contribution is 7.89. The molecule has 0 spiro atoms. The van der Waals surface area contributed by atoms with Crippen LogP contribution in [0.25, 0.3) is 10.9 Å². The van der Waals surface area contributed by atoms with Gasteiger partial charge in [-0.25, -0.2) is 13.4 Å². The molecular formula is C14H15ClN2O2S. The van der Waals surface area contributed by atoms with E-state index < -0.39 is 10.0 Å². The van der Waals surface area contributed by atoms with Gasteiger partial charge in [-0.3, -0.25) is 0 Å². The summed E-state index contributed by atoms with van der Waals surface area (Å²) in [7, 11) is -3.39. The molecule has 1 saturated heterocycles. The minimum atomic E-state index is -3.39. The number of halogens is 1. The van der Waals surface area contributed by atoms with Crippen LogP contribution in [0.15, 0.2) is 35.2 Å². The third kappa shape index (κ3) is 2.53. The van der Waals surface area contributed by atoms with Crippen LogP contribution in [0.5, 0.6) is 0 Å². The number of piperidine rings is 1. The number of fused-ring (bicyclic) bond motifs is 1. The largest absolute Gasteiger partial charge is 0.243 e. The quantitative estimate of drug-likeness (QED) is 0.801. The first-order chi connectivity index (χ1) is 9.57. The number of rotatable bonds is 2. The molecule has 2 heterocycles. The third-order valence-corrected chi connectivity index (χ3v) is 5.68. The van der Waals surface area contributed by atoms with Gasteiger partial charge in [-0.15, -0.1) is 0 Å². The monoisotopic (exact) mass is 310 g/mol. The number of sulfonamides is 1. The van der Waals surface area contributed by atoms with Gasteiger partial charge in [0.1, 0.15) is 5.15 Å². The van der Waals surface area contributed by atoms with E-state index in [4.69, 9.17) is 11.6 Å². The number of nitrogens with zero attached hydrogens (tertiary/aromatic N) is 2. The van der Waals surface area contributed by atoms with E-state index in [2.05, 4.69) is 4.98 Å². The average Bonchev–Trinajstić information content (AvgIpc) is 2.47. The molecule has 1 aliphatic rings. The average molecular weight is 311 g/mol. The summed E-state index contributed by atoms with van der Waals surface area (Å²) in [6.07, 6.45) is 2.97. The summed E-state index contributed by atoms with van der Waals surface area (Å²) < 4.78 is 26.7. The molecule has 0 N–H and O–H groups in total. The molecule has 20 heavy (non-hydrogen) atoms. The molecule has 0 amide bonds. The molecule has 3 rings (SSSR count). The van der Waals surface area contributed by atoms with E-state index >= 15 is 0 Å². The number of hydrogen-bond acceptors (Lipinski definition) is 3. The van der Waals surface area contributed by atoms with Gasteiger partial charge in [0.25, 0.3) is 0 Å². The lowest BCUT2D eigenvalue weighted by molar-refractivity contribution is 0.346. The molecule has 0 saturated carbocycles. The first-order valence-electron chi connectivity index (χ1n) is 6.64. The predicted molar refractivity (Wildman–Crippen MR) is 79.4 cm³/mol. The standard InChI is InChI=1S/C14H15ClN2O2S/c15-14-7-4-11-10-12(5-6-13(11)16-14)20(18,19)17-8-2-1-3-9-17/h4-7,10H,1-3,8-9H2. The minimum absolute atomic E-state index is 0.330. The fraction of sp³-hybridized carbons (Fsp3) is 0.357. The maximum atomic E-state index is 12.6. The number of hydrogen-bond donors (Lipinski definition) is 0. The van der Waals surface area contributed by atoms with Gasteiger partial charge in [-0.2, -0.15) is 4.31 Å². The number of benzene rings is 1. The molecule has 0 unspecified atom stereocenters. The molecule has 4 nitrogen and oxygen atoms in total. The Morgan fingerprint density at radius 1 is 1.05 bits per heavy atom. The van der Waals surface area contributed by atoms with E-state index in [0.29, 0.717) is 28.7 Å². The zero-order valence-corrected chi connectivity index (χ0v) is 12.5. The van der Waals surface area contributed by atoms with Crippen molar-refractivity contribution in [3.8, 4) is 0 Å². The Labute approximate surface area is 123 Å². The zero-order chi connectivity index (χ0) is 14.2. The Kier molecular flexibility index (Phi) is 3.67. The van der Waals surface area contributed by atoms with Gasteiger partial charge in [-0.1, -0.05) is 18.0 Å². The van der Waals surface area contributed by atoms with Crippen LogP contribution in [0.2, 0.25) is 5.15 Å². The Hall–Kier alpha value is -1.17. The maximum absolute atomic E-state index is 12.6. The Morgan fingerprint density at radius 2 is 1.80 bits per heavy atom. The molecule has 1 aromatic carbocycles. The molecule has 1 aromatic heterocycles. The van der Waals surface area contributed by atoms with E-state index in [-0.39, 0.29) is 0 Å². The summed E-state index contributed by atoms with van der Waals surface area (Å²) in [4.78, 5) is 4.50. The molecule has 1 aliphatic heterocycles. The summed E-state index contributed by atoms with van der Waals surface area (Å²) >= 11 is 5.83. The van der Waals surface area contributed by atoms with Crippen LogP contribution >= 0.6 is 11.6 Å². The van der Waals surface area contributed by atoms with Crippen molar-refractivity contribution in [1.29, 1.82) is 0 Å². The molecule has 2 aromatic rings. The van der Waals surface area contributed by atoms with Crippen molar-refractivity contribution in [3.63, 3.8) is 0 Å². The number of pyridine rings is 1. The predicted octanol–water partition coefficient (Wildman–Crippen LogP) is 3.06. The molecule has 0 atom stereocenters. The lowest BCUT2D eigenvalue weighted by Crippen LogP contribution is -2.35. The van der Waals surface area contributed by atoms with Gasteiger partial charge >= 0.3 is 0 Å². The molecule has 6 heteroatoms. The van der Waals surface area contributed by atoms with Gasteiger partial charge < -0.3 is 0 Å².